The first-order valence-electron chi connectivity index (χ1n) is 5.67. The van der Waals surface area contributed by atoms with Gasteiger partial charge in [-0.3, -0.25) is 0 Å². The van der Waals surface area contributed by atoms with Crippen molar-refractivity contribution in [3.05, 3.63) is 0 Å². The smallest absolute Gasteiger partial charge is 0.391 e. The molecule has 7 heteroatoms. The highest BCUT2D eigenvalue weighted by molar-refractivity contribution is 5.74. The first-order valence-corrected chi connectivity index (χ1v) is 5.67. The lowest BCUT2D eigenvalue weighted by Gasteiger charge is -2.22. The van der Waals surface area contributed by atoms with E-state index in [2.05, 4.69) is 5.32 Å². The molecule has 1 saturated carbocycles. The number of halogens is 3. The third kappa shape index (κ3) is 5.76. The van der Waals surface area contributed by atoms with Gasteiger partial charge in [0.15, 0.2) is 0 Å². The van der Waals surface area contributed by atoms with Gasteiger partial charge in [-0.05, 0) is 12.8 Å². The van der Waals surface area contributed by atoms with E-state index in [4.69, 9.17) is 0 Å². The molecule has 0 aromatic carbocycles. The van der Waals surface area contributed by atoms with Crippen LogP contribution < -0.4 is 10.6 Å². The lowest BCUT2D eigenvalue weighted by atomic mass is 10.1. The molecule has 0 spiro atoms. The Morgan fingerprint density at radius 3 is 2.53 bits per heavy atom. The van der Waals surface area contributed by atoms with Gasteiger partial charge in [0.25, 0.3) is 0 Å². The summed E-state index contributed by atoms with van der Waals surface area (Å²) in [6.45, 7) is -1.36. The summed E-state index contributed by atoms with van der Waals surface area (Å²) in [4.78, 5) is 11.2. The molecule has 2 atom stereocenters. The van der Waals surface area contributed by atoms with Crippen molar-refractivity contribution >= 4 is 6.03 Å². The topological polar surface area (TPSA) is 61.4 Å². The van der Waals surface area contributed by atoms with Crippen molar-refractivity contribution in [3.8, 4) is 0 Å². The molecular formula is C10H17F3N2O2. The van der Waals surface area contributed by atoms with Gasteiger partial charge >= 0.3 is 12.2 Å². The zero-order valence-corrected chi connectivity index (χ0v) is 9.39. The molecule has 0 aromatic heterocycles. The molecule has 1 rings (SSSR count). The van der Waals surface area contributed by atoms with Crippen molar-refractivity contribution < 1.29 is 23.1 Å². The quantitative estimate of drug-likeness (QED) is 0.655. The summed E-state index contributed by atoms with van der Waals surface area (Å²) in [5.41, 5.74) is 0. The van der Waals surface area contributed by atoms with Gasteiger partial charge in [0.1, 0.15) is 6.54 Å². The van der Waals surface area contributed by atoms with Crippen LogP contribution in [-0.2, 0) is 0 Å². The van der Waals surface area contributed by atoms with Crippen LogP contribution in [-0.4, -0.2) is 36.0 Å². The van der Waals surface area contributed by atoms with Gasteiger partial charge in [-0.1, -0.05) is 19.3 Å². The maximum Gasteiger partial charge on any atom is 0.405 e. The molecule has 100 valence electrons. The van der Waals surface area contributed by atoms with Gasteiger partial charge < -0.3 is 15.7 Å². The molecule has 17 heavy (non-hydrogen) atoms. The molecule has 4 nitrogen and oxygen atoms in total. The third-order valence-electron chi connectivity index (χ3n) is 2.75. The summed E-state index contributed by atoms with van der Waals surface area (Å²) in [5.74, 6) is 0. The molecule has 0 aliphatic heterocycles. The van der Waals surface area contributed by atoms with Gasteiger partial charge in [-0.2, -0.15) is 13.2 Å². The summed E-state index contributed by atoms with van der Waals surface area (Å²) < 4.78 is 35.5. The van der Waals surface area contributed by atoms with Crippen molar-refractivity contribution in [3.63, 3.8) is 0 Å². The first kappa shape index (κ1) is 14.1. The van der Waals surface area contributed by atoms with E-state index < -0.39 is 30.9 Å². The fourth-order valence-corrected chi connectivity index (χ4v) is 1.86. The fraction of sp³-hybridized carbons (Fsp3) is 0.900. The molecule has 0 saturated heterocycles. The van der Waals surface area contributed by atoms with Gasteiger partial charge in [0.2, 0.25) is 0 Å². The fourth-order valence-electron chi connectivity index (χ4n) is 1.86. The van der Waals surface area contributed by atoms with E-state index in [9.17, 15) is 23.1 Å². The highest BCUT2D eigenvalue weighted by Crippen LogP contribution is 2.18. The molecule has 0 aromatic rings. The number of urea groups is 1. The number of carbonyl (C=O) groups excluding carboxylic acids is 1. The van der Waals surface area contributed by atoms with Crippen LogP contribution in [0.1, 0.15) is 32.1 Å². The molecule has 0 radical (unpaired) electrons. The molecule has 3 N–H and O–H groups in total. The zero-order valence-electron chi connectivity index (χ0n) is 9.39. The Bertz CT molecular complexity index is 258. The Morgan fingerprint density at radius 1 is 1.24 bits per heavy atom. The number of alkyl halides is 3. The second-order valence-electron chi connectivity index (χ2n) is 4.25. The summed E-state index contributed by atoms with van der Waals surface area (Å²) in [6, 6.07) is -1.33. The highest BCUT2D eigenvalue weighted by Gasteiger charge is 2.29. The minimum Gasteiger partial charge on any atom is -0.391 e. The Balaban J connectivity index is 2.33. The van der Waals surface area contributed by atoms with Crippen molar-refractivity contribution in [2.75, 3.05) is 6.54 Å². The van der Waals surface area contributed by atoms with Crippen molar-refractivity contribution in [2.45, 2.75) is 50.4 Å². The molecular weight excluding hydrogens is 237 g/mol. The van der Waals surface area contributed by atoms with Crippen LogP contribution in [0.2, 0.25) is 0 Å². The Morgan fingerprint density at radius 2 is 1.88 bits per heavy atom. The lowest BCUT2D eigenvalue weighted by molar-refractivity contribution is -0.122. The van der Waals surface area contributed by atoms with Crippen molar-refractivity contribution in [1.29, 1.82) is 0 Å². The van der Waals surface area contributed by atoms with E-state index in [1.807, 2.05) is 0 Å². The van der Waals surface area contributed by atoms with E-state index in [-0.39, 0.29) is 0 Å². The normalized spacial score (nSPS) is 26.1. The van der Waals surface area contributed by atoms with Crippen LogP contribution in [0.25, 0.3) is 0 Å². The van der Waals surface area contributed by atoms with Crippen LogP contribution in [0.3, 0.4) is 0 Å². The highest BCUT2D eigenvalue weighted by atomic mass is 19.4. The van der Waals surface area contributed by atoms with Crippen molar-refractivity contribution in [2.24, 2.45) is 0 Å². The average molecular weight is 254 g/mol. The van der Waals surface area contributed by atoms with E-state index in [0.717, 1.165) is 19.3 Å². The van der Waals surface area contributed by atoms with E-state index >= 15 is 0 Å². The van der Waals surface area contributed by atoms with Gasteiger partial charge in [-0.15, -0.1) is 0 Å². The van der Waals surface area contributed by atoms with Crippen LogP contribution in [0, 0.1) is 0 Å². The van der Waals surface area contributed by atoms with Crippen LogP contribution in [0.4, 0.5) is 18.0 Å². The summed E-state index contributed by atoms with van der Waals surface area (Å²) in [6.07, 6.45) is -1.21. The summed E-state index contributed by atoms with van der Waals surface area (Å²) in [5, 5.41) is 13.8. The third-order valence-corrected chi connectivity index (χ3v) is 2.75. The van der Waals surface area contributed by atoms with Gasteiger partial charge in [-0.25, -0.2) is 4.79 Å². The van der Waals surface area contributed by atoms with E-state index in [1.165, 1.54) is 0 Å². The second-order valence-corrected chi connectivity index (χ2v) is 4.25. The van der Waals surface area contributed by atoms with Crippen LogP contribution in [0.15, 0.2) is 0 Å². The summed E-state index contributed by atoms with van der Waals surface area (Å²) >= 11 is 0. The molecule has 0 bridgehead atoms. The largest absolute Gasteiger partial charge is 0.405 e. The Kier molecular flexibility index (Phi) is 5.04. The second kappa shape index (κ2) is 6.09. The number of carbonyl (C=O) groups is 1. The minimum atomic E-state index is -4.42. The molecule has 1 fully saturated rings. The molecule has 2 unspecified atom stereocenters. The number of amides is 2. The number of nitrogens with one attached hydrogen (secondary N) is 2. The molecule has 0 heterocycles. The number of aliphatic hydroxyl groups is 1. The van der Waals surface area contributed by atoms with E-state index in [0.29, 0.717) is 12.8 Å². The van der Waals surface area contributed by atoms with E-state index in [1.54, 1.807) is 5.32 Å². The minimum absolute atomic E-state index is 0.453. The monoisotopic (exact) mass is 254 g/mol. The predicted molar refractivity (Wildman–Crippen MR) is 55.5 cm³/mol. The predicted octanol–water partition coefficient (Wildman–Crippen LogP) is 1.54. The number of aliphatic hydroxyl groups excluding tert-OH is 1. The van der Waals surface area contributed by atoms with Gasteiger partial charge in [0, 0.05) is 0 Å². The van der Waals surface area contributed by atoms with Crippen LogP contribution >= 0.6 is 0 Å². The number of hydrogen-bond acceptors (Lipinski definition) is 2. The lowest BCUT2D eigenvalue weighted by Crippen LogP contribution is -2.49. The number of hydrogen-bond donors (Lipinski definition) is 3. The molecule has 1 aliphatic carbocycles. The zero-order chi connectivity index (χ0) is 12.9. The first-order chi connectivity index (χ1) is 7.88. The SMILES string of the molecule is O=C(NCC(F)(F)F)NC1CCCCCC1O. The molecule has 2 amide bonds. The Hall–Kier alpha value is -0.980. The standard InChI is InChI=1S/C10H17F3N2O2/c11-10(12,13)6-14-9(17)15-7-4-2-1-3-5-8(7)16/h7-8,16H,1-6H2,(H2,14,15,17). The molecule has 1 aliphatic rings. The Labute approximate surface area is 97.6 Å². The maximum atomic E-state index is 11.8. The maximum absolute atomic E-state index is 11.8. The average Bonchev–Trinajstić information content (AvgIpc) is 2.41. The van der Waals surface area contributed by atoms with Crippen LogP contribution in [0.5, 0.6) is 0 Å². The van der Waals surface area contributed by atoms with Crippen molar-refractivity contribution in [1.82, 2.24) is 10.6 Å². The van der Waals surface area contributed by atoms with Gasteiger partial charge in [0.05, 0.1) is 12.1 Å². The summed E-state index contributed by atoms with van der Waals surface area (Å²) in [7, 11) is 0. The number of rotatable bonds is 2.